The number of carbonyl (C=O) groups excluding carboxylic acids is 1. The molecule has 0 spiro atoms. The van der Waals surface area contributed by atoms with Crippen molar-refractivity contribution >= 4 is 5.91 Å². The molecule has 0 bridgehead atoms. The number of carbonyl (C=O) groups is 1. The Morgan fingerprint density at radius 1 is 1.38 bits per heavy atom. The number of aryl methyl sites for hydroxylation is 1. The van der Waals surface area contributed by atoms with E-state index in [9.17, 15) is 4.79 Å². The maximum absolute atomic E-state index is 13.1. The Hall–Kier alpha value is -2.41. The van der Waals surface area contributed by atoms with Crippen molar-refractivity contribution in [1.29, 1.82) is 0 Å². The molecule has 1 aliphatic rings. The average molecular weight is 358 g/mol. The fraction of sp³-hybridized carbons (Fsp3) is 0.526. The van der Waals surface area contributed by atoms with Gasteiger partial charge in [-0.3, -0.25) is 4.79 Å². The molecule has 7 heteroatoms. The first kappa shape index (κ1) is 18.4. The summed E-state index contributed by atoms with van der Waals surface area (Å²) in [6.07, 6.45) is 3.42. The molecule has 0 fully saturated rings. The number of imidazole rings is 1. The SMILES string of the molecule is COc1ncccc1C(=O)N1Cc2ncn(C)c2C(COCC(C)C)C1. The minimum atomic E-state index is -0.0971. The lowest BCUT2D eigenvalue weighted by atomic mass is 9.98. The zero-order valence-electron chi connectivity index (χ0n) is 15.8. The molecule has 0 aromatic carbocycles. The van der Waals surface area contributed by atoms with Crippen molar-refractivity contribution in [3.8, 4) is 5.88 Å². The molecule has 1 unspecified atom stereocenters. The third-order valence-corrected chi connectivity index (χ3v) is 4.48. The highest BCUT2D eigenvalue weighted by Gasteiger charge is 2.33. The maximum atomic E-state index is 13.1. The molecule has 2 aromatic rings. The van der Waals surface area contributed by atoms with E-state index in [0.717, 1.165) is 11.4 Å². The summed E-state index contributed by atoms with van der Waals surface area (Å²) >= 11 is 0. The van der Waals surface area contributed by atoms with Gasteiger partial charge in [-0.25, -0.2) is 9.97 Å². The van der Waals surface area contributed by atoms with Crippen molar-refractivity contribution in [2.24, 2.45) is 13.0 Å². The number of fused-ring (bicyclic) bond motifs is 1. The van der Waals surface area contributed by atoms with E-state index >= 15 is 0 Å². The van der Waals surface area contributed by atoms with Gasteiger partial charge in [0.1, 0.15) is 5.56 Å². The Kier molecular flexibility index (Phi) is 5.56. The van der Waals surface area contributed by atoms with Crippen LogP contribution in [0.4, 0.5) is 0 Å². The number of nitrogens with zero attached hydrogens (tertiary/aromatic N) is 4. The van der Waals surface area contributed by atoms with E-state index in [1.165, 1.54) is 7.11 Å². The second kappa shape index (κ2) is 7.86. The quantitative estimate of drug-likeness (QED) is 0.792. The topological polar surface area (TPSA) is 69.5 Å². The van der Waals surface area contributed by atoms with Gasteiger partial charge in [-0.15, -0.1) is 0 Å². The molecule has 2 aromatic heterocycles. The van der Waals surface area contributed by atoms with E-state index in [1.807, 2.05) is 11.6 Å². The third-order valence-electron chi connectivity index (χ3n) is 4.48. The van der Waals surface area contributed by atoms with Crippen molar-refractivity contribution in [3.63, 3.8) is 0 Å². The zero-order valence-corrected chi connectivity index (χ0v) is 15.8. The standard InChI is InChI=1S/C19H26N4O3/c1-13(2)10-26-11-14-8-23(9-16-17(14)22(3)12-21-16)19(24)15-6-5-7-20-18(15)25-4/h5-7,12-14H,8-11H2,1-4H3. The highest BCUT2D eigenvalue weighted by Crippen LogP contribution is 2.29. The van der Waals surface area contributed by atoms with Crippen molar-refractivity contribution in [2.45, 2.75) is 26.3 Å². The first-order valence-electron chi connectivity index (χ1n) is 8.87. The van der Waals surface area contributed by atoms with Gasteiger partial charge in [0.15, 0.2) is 0 Å². The van der Waals surface area contributed by atoms with Crippen LogP contribution in [0.15, 0.2) is 24.7 Å². The molecule has 0 saturated heterocycles. The zero-order chi connectivity index (χ0) is 18.7. The Labute approximate surface area is 154 Å². The lowest BCUT2D eigenvalue weighted by Gasteiger charge is -2.33. The molecule has 7 nitrogen and oxygen atoms in total. The van der Waals surface area contributed by atoms with Crippen LogP contribution in [0.25, 0.3) is 0 Å². The summed E-state index contributed by atoms with van der Waals surface area (Å²) in [7, 11) is 3.51. The Morgan fingerprint density at radius 3 is 2.92 bits per heavy atom. The number of hydrogen-bond donors (Lipinski definition) is 0. The van der Waals surface area contributed by atoms with Crippen molar-refractivity contribution in [3.05, 3.63) is 41.6 Å². The number of hydrogen-bond acceptors (Lipinski definition) is 5. The molecule has 0 saturated carbocycles. The average Bonchev–Trinajstić information content (AvgIpc) is 3.02. The molecule has 140 valence electrons. The Morgan fingerprint density at radius 2 is 2.19 bits per heavy atom. The van der Waals surface area contributed by atoms with Crippen LogP contribution >= 0.6 is 0 Å². The van der Waals surface area contributed by atoms with Gasteiger partial charge < -0.3 is 18.9 Å². The van der Waals surface area contributed by atoms with Crippen LogP contribution in [-0.4, -0.2) is 52.2 Å². The summed E-state index contributed by atoms with van der Waals surface area (Å²) in [5, 5.41) is 0. The first-order valence-corrected chi connectivity index (χ1v) is 8.87. The number of ether oxygens (including phenoxy) is 2. The summed E-state index contributed by atoms with van der Waals surface area (Å²) in [6.45, 7) is 6.59. The largest absolute Gasteiger partial charge is 0.480 e. The molecule has 1 atom stereocenters. The van der Waals surface area contributed by atoms with Gasteiger partial charge in [-0.1, -0.05) is 13.8 Å². The number of aromatic nitrogens is 3. The van der Waals surface area contributed by atoms with Crippen LogP contribution in [-0.2, 0) is 18.3 Å². The summed E-state index contributed by atoms with van der Waals surface area (Å²) in [5.41, 5.74) is 2.54. The van der Waals surface area contributed by atoms with Gasteiger partial charge >= 0.3 is 0 Å². The van der Waals surface area contributed by atoms with Gasteiger partial charge in [0, 0.05) is 38.0 Å². The molecular formula is C19H26N4O3. The van der Waals surface area contributed by atoms with Gasteiger partial charge in [-0.05, 0) is 18.1 Å². The molecule has 0 N–H and O–H groups in total. The summed E-state index contributed by atoms with van der Waals surface area (Å²) in [6, 6.07) is 3.49. The Bertz CT molecular complexity index is 772. The Balaban J connectivity index is 1.82. The van der Waals surface area contributed by atoms with E-state index in [2.05, 4.69) is 23.8 Å². The molecular weight excluding hydrogens is 332 g/mol. The van der Waals surface area contributed by atoms with Gasteiger partial charge in [0.25, 0.3) is 5.91 Å². The number of rotatable bonds is 6. The molecule has 3 rings (SSSR count). The van der Waals surface area contributed by atoms with Crippen LogP contribution in [0.2, 0.25) is 0 Å². The number of pyridine rings is 1. The third kappa shape index (κ3) is 3.72. The monoisotopic (exact) mass is 358 g/mol. The number of methoxy groups -OCH3 is 1. The smallest absolute Gasteiger partial charge is 0.259 e. The lowest BCUT2D eigenvalue weighted by Crippen LogP contribution is -2.40. The molecule has 1 amide bonds. The van der Waals surface area contributed by atoms with E-state index in [-0.39, 0.29) is 11.8 Å². The highest BCUT2D eigenvalue weighted by atomic mass is 16.5. The molecule has 0 aliphatic carbocycles. The molecule has 26 heavy (non-hydrogen) atoms. The van der Waals surface area contributed by atoms with Crippen molar-refractivity contribution < 1.29 is 14.3 Å². The lowest BCUT2D eigenvalue weighted by molar-refractivity contribution is 0.0589. The normalized spacial score (nSPS) is 16.7. The molecule has 3 heterocycles. The second-order valence-corrected chi connectivity index (χ2v) is 7.06. The summed E-state index contributed by atoms with van der Waals surface area (Å²) in [5.74, 6) is 0.815. The van der Waals surface area contributed by atoms with Gasteiger partial charge in [0.2, 0.25) is 5.88 Å². The second-order valence-electron chi connectivity index (χ2n) is 7.06. The minimum Gasteiger partial charge on any atom is -0.480 e. The van der Waals surface area contributed by atoms with Crippen LogP contribution in [0.3, 0.4) is 0 Å². The first-order chi connectivity index (χ1) is 12.5. The van der Waals surface area contributed by atoms with Gasteiger partial charge in [0.05, 0.1) is 32.3 Å². The number of amides is 1. The highest BCUT2D eigenvalue weighted by molar-refractivity contribution is 5.96. The predicted molar refractivity (Wildman–Crippen MR) is 97.1 cm³/mol. The fourth-order valence-corrected chi connectivity index (χ4v) is 3.35. The van der Waals surface area contributed by atoms with Crippen LogP contribution < -0.4 is 4.74 Å². The molecule has 1 aliphatic heterocycles. The van der Waals surface area contributed by atoms with Crippen molar-refractivity contribution in [2.75, 3.05) is 26.9 Å². The van der Waals surface area contributed by atoms with E-state index < -0.39 is 0 Å². The summed E-state index contributed by atoms with van der Waals surface area (Å²) < 4.78 is 13.2. The van der Waals surface area contributed by atoms with Crippen molar-refractivity contribution in [1.82, 2.24) is 19.4 Å². The van der Waals surface area contributed by atoms with Gasteiger partial charge in [-0.2, -0.15) is 0 Å². The molecule has 0 radical (unpaired) electrons. The predicted octanol–water partition coefficient (Wildman–Crippen LogP) is 2.24. The van der Waals surface area contributed by atoms with Crippen LogP contribution in [0, 0.1) is 5.92 Å². The van der Waals surface area contributed by atoms with E-state index in [4.69, 9.17) is 9.47 Å². The van der Waals surface area contributed by atoms with E-state index in [0.29, 0.717) is 43.7 Å². The van der Waals surface area contributed by atoms with Crippen LogP contribution in [0.1, 0.15) is 41.5 Å². The van der Waals surface area contributed by atoms with Crippen LogP contribution in [0.5, 0.6) is 5.88 Å². The minimum absolute atomic E-state index is 0.0941. The summed E-state index contributed by atoms with van der Waals surface area (Å²) in [4.78, 5) is 23.5. The maximum Gasteiger partial charge on any atom is 0.259 e. The van der Waals surface area contributed by atoms with E-state index in [1.54, 1.807) is 29.6 Å². The fourth-order valence-electron chi connectivity index (χ4n) is 3.35.